The molecular weight excluding hydrogens is 474 g/mol. The van der Waals surface area contributed by atoms with Crippen LogP contribution >= 0.6 is 13.5 Å². The van der Waals surface area contributed by atoms with Gasteiger partial charge in [-0.3, -0.25) is 14.5 Å². The van der Waals surface area contributed by atoms with Crippen LogP contribution in [0.4, 0.5) is 23.2 Å². The Bertz CT molecular complexity index is 1350. The minimum absolute atomic E-state index is 0. The van der Waals surface area contributed by atoms with Gasteiger partial charge in [-0.15, -0.1) is 0 Å². The summed E-state index contributed by atoms with van der Waals surface area (Å²) in [7, 11) is 0. The van der Waals surface area contributed by atoms with E-state index in [1.54, 1.807) is 10.7 Å². The van der Waals surface area contributed by atoms with Gasteiger partial charge in [0, 0.05) is 30.1 Å². The molecule has 0 saturated carbocycles. The molecule has 4 aromatic rings. The molecule has 0 fully saturated rings. The van der Waals surface area contributed by atoms with Crippen LogP contribution in [0.2, 0.25) is 0 Å². The van der Waals surface area contributed by atoms with Crippen molar-refractivity contribution >= 4 is 25.1 Å². The van der Waals surface area contributed by atoms with Crippen LogP contribution in [-0.4, -0.2) is 32.4 Å². The number of carbonyl (C=O) groups is 1. The normalized spacial score (nSPS) is 15.7. The fourth-order valence-corrected chi connectivity index (χ4v) is 3.79. The lowest BCUT2D eigenvalue weighted by Crippen LogP contribution is -2.42. The maximum atomic E-state index is 13.5. The van der Waals surface area contributed by atoms with Gasteiger partial charge in [-0.2, -0.15) is 31.8 Å². The van der Waals surface area contributed by atoms with Crippen molar-refractivity contribution in [2.75, 3.05) is 11.4 Å². The van der Waals surface area contributed by atoms with Crippen molar-refractivity contribution in [1.82, 2.24) is 19.9 Å². The molecule has 176 valence electrons. The molecule has 1 aromatic carbocycles. The van der Waals surface area contributed by atoms with Crippen molar-refractivity contribution in [3.8, 4) is 22.6 Å². The van der Waals surface area contributed by atoms with Crippen molar-refractivity contribution in [3.63, 3.8) is 0 Å². The van der Waals surface area contributed by atoms with Gasteiger partial charge >= 0.3 is 6.18 Å². The van der Waals surface area contributed by atoms with Crippen LogP contribution in [-0.2, 0) is 6.18 Å². The third kappa shape index (κ3) is 4.04. The van der Waals surface area contributed by atoms with E-state index >= 15 is 0 Å². The molecule has 1 aliphatic rings. The van der Waals surface area contributed by atoms with E-state index < -0.39 is 23.5 Å². The van der Waals surface area contributed by atoms with E-state index in [1.165, 1.54) is 35.5 Å². The lowest BCUT2D eigenvalue weighted by molar-refractivity contribution is -0.137. The molecule has 0 spiro atoms. The van der Waals surface area contributed by atoms with Crippen LogP contribution in [0, 0.1) is 5.82 Å². The lowest BCUT2D eigenvalue weighted by atomic mass is 10.1. The summed E-state index contributed by atoms with van der Waals surface area (Å²) in [6.45, 7) is 2.07. The topological polar surface area (TPSA) is 77.1 Å². The Labute approximate surface area is 197 Å². The molecule has 4 heterocycles. The average molecular weight is 491 g/mol. The lowest BCUT2D eigenvalue weighted by Gasteiger charge is -2.32. The van der Waals surface area contributed by atoms with Crippen LogP contribution in [0.15, 0.2) is 59.5 Å². The van der Waals surface area contributed by atoms with Gasteiger partial charge in [-0.05, 0) is 37.3 Å². The van der Waals surface area contributed by atoms with Crippen LogP contribution in [0.1, 0.15) is 29.0 Å². The first-order valence-corrected chi connectivity index (χ1v) is 9.87. The SMILES string of the molecule is C[C@H]1CN(c2ccc(C(F)(F)F)cc2)C(=O)c2c(-c3cc(-c4cncc(F)c4)no3)cnn21.S. The highest BCUT2D eigenvalue weighted by atomic mass is 32.1. The first kappa shape index (κ1) is 23.5. The largest absolute Gasteiger partial charge is 0.416 e. The number of alkyl halides is 3. The molecule has 0 aliphatic carbocycles. The van der Waals surface area contributed by atoms with E-state index in [-0.39, 0.29) is 37.5 Å². The summed E-state index contributed by atoms with van der Waals surface area (Å²) >= 11 is 0. The van der Waals surface area contributed by atoms with Crippen LogP contribution in [0.5, 0.6) is 0 Å². The van der Waals surface area contributed by atoms with Crippen molar-refractivity contribution in [3.05, 3.63) is 72.1 Å². The minimum atomic E-state index is -4.47. The number of amides is 1. The Balaban J connectivity index is 0.00000274. The molecule has 34 heavy (non-hydrogen) atoms. The van der Waals surface area contributed by atoms with E-state index in [9.17, 15) is 22.4 Å². The second-order valence-electron chi connectivity index (χ2n) is 7.63. The number of aromatic nitrogens is 4. The van der Waals surface area contributed by atoms with E-state index in [4.69, 9.17) is 4.52 Å². The van der Waals surface area contributed by atoms with Gasteiger partial charge < -0.3 is 9.42 Å². The number of hydrogen-bond donors (Lipinski definition) is 0. The molecule has 1 atom stereocenters. The molecule has 1 amide bonds. The van der Waals surface area contributed by atoms with Gasteiger partial charge in [-0.25, -0.2) is 4.39 Å². The third-order valence-corrected chi connectivity index (χ3v) is 5.39. The summed E-state index contributed by atoms with van der Waals surface area (Å²) in [5.74, 6) is -0.729. The fraction of sp³-hybridized carbons (Fsp3) is 0.182. The fourth-order valence-electron chi connectivity index (χ4n) is 3.79. The summed E-state index contributed by atoms with van der Waals surface area (Å²) in [5, 5.41) is 8.23. The van der Waals surface area contributed by atoms with E-state index in [0.29, 0.717) is 22.5 Å². The highest BCUT2D eigenvalue weighted by molar-refractivity contribution is 7.59. The molecule has 12 heteroatoms. The molecule has 0 N–H and O–H groups in total. The van der Waals surface area contributed by atoms with E-state index in [1.807, 2.05) is 6.92 Å². The summed E-state index contributed by atoms with van der Waals surface area (Å²) in [6.07, 6.45) is -0.509. The Morgan fingerprint density at radius 3 is 2.50 bits per heavy atom. The van der Waals surface area contributed by atoms with Gasteiger partial charge in [-0.1, -0.05) is 5.16 Å². The highest BCUT2D eigenvalue weighted by Gasteiger charge is 2.36. The Morgan fingerprint density at radius 1 is 1.09 bits per heavy atom. The number of halogens is 4. The van der Waals surface area contributed by atoms with Gasteiger partial charge in [0.25, 0.3) is 5.91 Å². The molecule has 5 rings (SSSR count). The standard InChI is InChI=1S/C22H15F4N5O2.H2S/c1-12-11-30(16-4-2-14(3-5-16)22(24,25)26)21(32)20-17(10-28-31(12)20)19-7-18(29-33-19)13-6-15(23)9-27-8-13;/h2-10,12H,11H2,1H3;1H2/t12-;/m0./s1. The van der Waals surface area contributed by atoms with Crippen LogP contribution < -0.4 is 4.90 Å². The predicted octanol–water partition coefficient (Wildman–Crippen LogP) is 5.09. The number of hydrogen-bond acceptors (Lipinski definition) is 5. The van der Waals surface area contributed by atoms with E-state index in [2.05, 4.69) is 15.2 Å². The van der Waals surface area contributed by atoms with Crippen molar-refractivity contribution in [2.24, 2.45) is 0 Å². The molecule has 0 bridgehead atoms. The molecule has 0 saturated heterocycles. The maximum absolute atomic E-state index is 13.5. The Kier molecular flexibility index (Phi) is 5.94. The van der Waals surface area contributed by atoms with Gasteiger partial charge in [0.15, 0.2) is 5.76 Å². The van der Waals surface area contributed by atoms with Gasteiger partial charge in [0.05, 0.1) is 29.6 Å². The van der Waals surface area contributed by atoms with Crippen molar-refractivity contribution in [2.45, 2.75) is 19.1 Å². The monoisotopic (exact) mass is 491 g/mol. The molecule has 0 unspecified atom stereocenters. The first-order chi connectivity index (χ1) is 15.7. The zero-order chi connectivity index (χ0) is 23.3. The minimum Gasteiger partial charge on any atom is -0.356 e. The summed E-state index contributed by atoms with van der Waals surface area (Å²) in [5.41, 5.74) is 0.850. The molecule has 1 aliphatic heterocycles. The van der Waals surface area contributed by atoms with E-state index in [0.717, 1.165) is 18.3 Å². The predicted molar refractivity (Wildman–Crippen MR) is 119 cm³/mol. The number of benzene rings is 1. The first-order valence-electron chi connectivity index (χ1n) is 9.87. The average Bonchev–Trinajstić information content (AvgIpc) is 3.43. The second kappa shape index (κ2) is 8.60. The quantitative estimate of drug-likeness (QED) is 0.373. The van der Waals surface area contributed by atoms with Crippen molar-refractivity contribution in [1.29, 1.82) is 0 Å². The highest BCUT2D eigenvalue weighted by Crippen LogP contribution is 2.35. The third-order valence-electron chi connectivity index (χ3n) is 5.39. The second-order valence-corrected chi connectivity index (χ2v) is 7.63. The summed E-state index contributed by atoms with van der Waals surface area (Å²) < 4.78 is 59.2. The summed E-state index contributed by atoms with van der Waals surface area (Å²) in [6, 6.07) is 6.96. The molecule has 7 nitrogen and oxygen atoms in total. The zero-order valence-corrected chi connectivity index (χ0v) is 18.5. The summed E-state index contributed by atoms with van der Waals surface area (Å²) in [4.78, 5) is 18.5. The number of carbonyl (C=O) groups excluding carboxylic acids is 1. The number of fused-ring (bicyclic) bond motifs is 1. The Hall–Kier alpha value is -3.67. The molecule has 0 radical (unpaired) electrons. The smallest absolute Gasteiger partial charge is 0.356 e. The van der Waals surface area contributed by atoms with Gasteiger partial charge in [0.1, 0.15) is 17.2 Å². The molecular formula is C22H17F4N5O2S. The maximum Gasteiger partial charge on any atom is 0.416 e. The van der Waals surface area contributed by atoms with Crippen LogP contribution in [0.25, 0.3) is 22.6 Å². The van der Waals surface area contributed by atoms with Gasteiger partial charge in [0.2, 0.25) is 0 Å². The zero-order valence-electron chi connectivity index (χ0n) is 17.5. The number of anilines is 1. The number of nitrogens with zero attached hydrogens (tertiary/aromatic N) is 5. The number of pyridine rings is 1. The van der Waals surface area contributed by atoms with Crippen molar-refractivity contribution < 1.29 is 26.9 Å². The number of rotatable bonds is 3. The Morgan fingerprint density at radius 2 is 1.82 bits per heavy atom. The van der Waals surface area contributed by atoms with Crippen LogP contribution in [0.3, 0.4) is 0 Å². The molecule has 3 aromatic heterocycles.